The first kappa shape index (κ1) is 13.4. The SMILES string of the molecule is C=CC(=CC)Sn1ccc2cc(Br)c(F)c(C)c21. The minimum Gasteiger partial charge on any atom is -0.287 e. The van der Waals surface area contributed by atoms with Crippen LogP contribution in [0.1, 0.15) is 12.5 Å². The number of aryl methyl sites for hydroxylation is 1. The van der Waals surface area contributed by atoms with Crippen LogP contribution in [0.2, 0.25) is 0 Å². The van der Waals surface area contributed by atoms with Crippen LogP contribution in [0.15, 0.2) is 46.4 Å². The van der Waals surface area contributed by atoms with E-state index in [-0.39, 0.29) is 5.82 Å². The smallest absolute Gasteiger partial charge is 0.142 e. The molecule has 4 heteroatoms. The topological polar surface area (TPSA) is 4.93 Å². The zero-order valence-corrected chi connectivity index (χ0v) is 12.6. The van der Waals surface area contributed by atoms with Crippen molar-refractivity contribution in [2.24, 2.45) is 0 Å². The lowest BCUT2D eigenvalue weighted by Crippen LogP contribution is -1.92. The normalized spacial score (nSPS) is 12.1. The van der Waals surface area contributed by atoms with E-state index in [0.717, 1.165) is 15.8 Å². The molecule has 0 saturated heterocycles. The van der Waals surface area contributed by atoms with E-state index in [1.165, 1.54) is 11.9 Å². The average Bonchev–Trinajstić information content (AvgIpc) is 2.76. The second-order valence-electron chi connectivity index (χ2n) is 3.86. The Kier molecular flexibility index (Phi) is 3.97. The molecule has 1 heterocycles. The van der Waals surface area contributed by atoms with Crippen molar-refractivity contribution >= 4 is 38.8 Å². The zero-order chi connectivity index (χ0) is 13.3. The number of nitrogens with zero attached hydrogens (tertiary/aromatic N) is 1. The van der Waals surface area contributed by atoms with E-state index in [9.17, 15) is 4.39 Å². The number of hydrogen-bond acceptors (Lipinski definition) is 1. The van der Waals surface area contributed by atoms with Gasteiger partial charge in [0, 0.05) is 22.1 Å². The summed E-state index contributed by atoms with van der Waals surface area (Å²) in [7, 11) is 0. The van der Waals surface area contributed by atoms with Crippen molar-refractivity contribution in [3.8, 4) is 0 Å². The molecule has 1 aromatic heterocycles. The molecular formula is C14H13BrFNS. The van der Waals surface area contributed by atoms with Gasteiger partial charge < -0.3 is 0 Å². The van der Waals surface area contributed by atoms with E-state index < -0.39 is 0 Å². The molecule has 1 aromatic carbocycles. The summed E-state index contributed by atoms with van der Waals surface area (Å²) in [6.45, 7) is 7.51. The lowest BCUT2D eigenvalue weighted by molar-refractivity contribution is 0.614. The maximum absolute atomic E-state index is 13.9. The molecule has 2 rings (SSSR count). The van der Waals surface area contributed by atoms with Crippen molar-refractivity contribution in [3.63, 3.8) is 0 Å². The molecule has 0 radical (unpaired) electrons. The van der Waals surface area contributed by atoms with Gasteiger partial charge >= 0.3 is 0 Å². The van der Waals surface area contributed by atoms with Crippen LogP contribution in [0.4, 0.5) is 4.39 Å². The van der Waals surface area contributed by atoms with Crippen molar-refractivity contribution in [1.82, 2.24) is 3.97 Å². The number of aromatic nitrogens is 1. The van der Waals surface area contributed by atoms with E-state index in [0.29, 0.717) is 10.0 Å². The van der Waals surface area contributed by atoms with Gasteiger partial charge in [-0.25, -0.2) is 4.39 Å². The second-order valence-corrected chi connectivity index (χ2v) is 5.76. The Labute approximate surface area is 119 Å². The van der Waals surface area contributed by atoms with E-state index in [2.05, 4.69) is 22.5 Å². The van der Waals surface area contributed by atoms with Crippen LogP contribution in [0.25, 0.3) is 10.9 Å². The molecule has 18 heavy (non-hydrogen) atoms. The summed E-state index contributed by atoms with van der Waals surface area (Å²) in [6.07, 6.45) is 5.72. The summed E-state index contributed by atoms with van der Waals surface area (Å²) in [5, 5.41) is 1.02. The van der Waals surface area contributed by atoms with E-state index in [1.807, 2.05) is 29.2 Å². The Morgan fingerprint density at radius 3 is 2.89 bits per heavy atom. The number of fused-ring (bicyclic) bond motifs is 1. The van der Waals surface area contributed by atoms with E-state index in [1.54, 1.807) is 19.1 Å². The molecule has 0 saturated carbocycles. The lowest BCUT2D eigenvalue weighted by Gasteiger charge is -2.08. The van der Waals surface area contributed by atoms with Crippen molar-refractivity contribution in [3.05, 3.63) is 57.8 Å². The van der Waals surface area contributed by atoms with Gasteiger partial charge in [-0.2, -0.15) is 0 Å². The monoisotopic (exact) mass is 325 g/mol. The molecule has 0 amide bonds. The predicted molar refractivity (Wildman–Crippen MR) is 81.3 cm³/mol. The van der Waals surface area contributed by atoms with E-state index >= 15 is 0 Å². The summed E-state index contributed by atoms with van der Waals surface area (Å²) >= 11 is 4.77. The Morgan fingerprint density at radius 1 is 1.56 bits per heavy atom. The quantitative estimate of drug-likeness (QED) is 0.680. The maximum Gasteiger partial charge on any atom is 0.142 e. The summed E-state index contributed by atoms with van der Waals surface area (Å²) in [5.74, 6) is -0.205. The third kappa shape index (κ3) is 2.27. The molecule has 0 aliphatic heterocycles. The number of hydrogen-bond donors (Lipinski definition) is 0. The Balaban J connectivity index is 2.60. The summed E-state index contributed by atoms with van der Waals surface area (Å²) in [4.78, 5) is 1.04. The highest BCUT2D eigenvalue weighted by atomic mass is 79.9. The largest absolute Gasteiger partial charge is 0.287 e. The van der Waals surface area contributed by atoms with Crippen molar-refractivity contribution < 1.29 is 4.39 Å². The Bertz CT molecular complexity index is 643. The first-order valence-electron chi connectivity index (χ1n) is 5.51. The maximum atomic E-state index is 13.9. The lowest BCUT2D eigenvalue weighted by atomic mass is 10.1. The standard InChI is InChI=1S/C14H13BrFNS/c1-4-11(5-2)18-17-7-6-10-8-12(15)13(16)9(3)14(10)17/h4-8H,1H2,2-3H3. The summed E-state index contributed by atoms with van der Waals surface area (Å²) < 4.78 is 16.4. The van der Waals surface area contributed by atoms with Crippen molar-refractivity contribution in [1.29, 1.82) is 0 Å². The molecular weight excluding hydrogens is 313 g/mol. The van der Waals surface area contributed by atoms with Crippen LogP contribution in [-0.4, -0.2) is 3.97 Å². The molecule has 1 nitrogen and oxygen atoms in total. The van der Waals surface area contributed by atoms with Gasteiger partial charge in [-0.05, 0) is 53.9 Å². The zero-order valence-electron chi connectivity index (χ0n) is 10.2. The molecule has 94 valence electrons. The third-order valence-corrected chi connectivity index (χ3v) is 4.44. The highest BCUT2D eigenvalue weighted by Crippen LogP contribution is 2.32. The number of rotatable bonds is 3. The van der Waals surface area contributed by atoms with Crippen LogP contribution < -0.4 is 0 Å². The fraction of sp³-hybridized carbons (Fsp3) is 0.143. The van der Waals surface area contributed by atoms with E-state index in [4.69, 9.17) is 0 Å². The molecule has 0 atom stereocenters. The summed E-state index contributed by atoms with van der Waals surface area (Å²) in [6, 6.07) is 3.79. The van der Waals surface area contributed by atoms with Gasteiger partial charge in [0.15, 0.2) is 0 Å². The van der Waals surface area contributed by atoms with Gasteiger partial charge in [0.25, 0.3) is 0 Å². The molecule has 0 unspecified atom stereocenters. The number of halogens is 2. The van der Waals surface area contributed by atoms with Gasteiger partial charge in [0.05, 0.1) is 9.99 Å². The van der Waals surface area contributed by atoms with Crippen LogP contribution >= 0.6 is 27.9 Å². The van der Waals surface area contributed by atoms with Crippen LogP contribution in [0.5, 0.6) is 0 Å². The molecule has 0 fully saturated rings. The van der Waals surface area contributed by atoms with Crippen LogP contribution in [-0.2, 0) is 0 Å². The minimum atomic E-state index is -0.205. The number of allylic oxidation sites excluding steroid dienone is 2. The van der Waals surface area contributed by atoms with Gasteiger partial charge in [-0.3, -0.25) is 3.97 Å². The van der Waals surface area contributed by atoms with Crippen molar-refractivity contribution in [2.45, 2.75) is 13.8 Å². The molecule has 0 N–H and O–H groups in total. The van der Waals surface area contributed by atoms with Gasteiger partial charge in [-0.15, -0.1) is 0 Å². The molecule has 0 aliphatic rings. The van der Waals surface area contributed by atoms with Crippen LogP contribution in [0.3, 0.4) is 0 Å². The van der Waals surface area contributed by atoms with Gasteiger partial charge in [0.1, 0.15) is 5.82 Å². The second kappa shape index (κ2) is 5.33. The fourth-order valence-electron chi connectivity index (χ4n) is 1.81. The van der Waals surface area contributed by atoms with Gasteiger partial charge in [0.2, 0.25) is 0 Å². The van der Waals surface area contributed by atoms with Crippen molar-refractivity contribution in [2.75, 3.05) is 0 Å². The summed E-state index contributed by atoms with van der Waals surface area (Å²) in [5.41, 5.74) is 1.55. The highest BCUT2D eigenvalue weighted by Gasteiger charge is 2.12. The predicted octanol–water partition coefficient (Wildman–Crippen LogP) is 5.44. The fourth-order valence-corrected chi connectivity index (χ4v) is 3.21. The first-order valence-corrected chi connectivity index (χ1v) is 7.08. The molecule has 0 bridgehead atoms. The first-order chi connectivity index (χ1) is 8.58. The third-order valence-electron chi connectivity index (χ3n) is 2.75. The molecule has 0 spiro atoms. The average molecular weight is 326 g/mol. The highest BCUT2D eigenvalue weighted by molar-refractivity contribution is 9.10. The molecule has 2 aromatic rings. The number of benzene rings is 1. The molecule has 0 aliphatic carbocycles. The van der Waals surface area contributed by atoms with Gasteiger partial charge in [-0.1, -0.05) is 18.7 Å². The Hall–Kier alpha value is -1.00. The van der Waals surface area contributed by atoms with Crippen LogP contribution in [0, 0.1) is 12.7 Å². The minimum absolute atomic E-state index is 0.205. The Morgan fingerprint density at radius 2 is 2.28 bits per heavy atom.